The lowest BCUT2D eigenvalue weighted by atomic mass is 10.1. The predicted octanol–water partition coefficient (Wildman–Crippen LogP) is 3.23. The number of unbranched alkanes of at least 4 members (excludes halogenated alkanes) is 1. The van der Waals surface area contributed by atoms with Crippen LogP contribution in [0.1, 0.15) is 37.0 Å². The van der Waals surface area contributed by atoms with Crippen LogP contribution < -0.4 is 0 Å². The minimum absolute atomic E-state index is 0.0699. The van der Waals surface area contributed by atoms with Crippen LogP contribution in [-0.2, 0) is 0 Å². The molecule has 0 saturated carbocycles. The summed E-state index contributed by atoms with van der Waals surface area (Å²) in [5, 5.41) is 0. The van der Waals surface area contributed by atoms with Gasteiger partial charge in [-0.1, -0.05) is 13.3 Å². The first kappa shape index (κ1) is 13.6. The summed E-state index contributed by atoms with van der Waals surface area (Å²) in [6.45, 7) is 5.03. The molecule has 0 atom stereocenters. The van der Waals surface area contributed by atoms with Crippen LogP contribution in [0.25, 0.3) is 0 Å². The standard InChI is InChI=1S/C13H17F2NO/c1-3-5-6-16(4-2)13(17)10-7-11(14)9-12(15)8-10/h7-9H,3-6H2,1-2H3. The molecular formula is C13H17F2NO. The molecule has 0 aliphatic carbocycles. The summed E-state index contributed by atoms with van der Waals surface area (Å²) < 4.78 is 26.0. The van der Waals surface area contributed by atoms with Crippen molar-refractivity contribution < 1.29 is 13.6 Å². The summed E-state index contributed by atoms with van der Waals surface area (Å²) in [5.74, 6) is -1.76. The van der Waals surface area contributed by atoms with Crippen molar-refractivity contribution >= 4 is 5.91 Å². The monoisotopic (exact) mass is 241 g/mol. The molecule has 0 aliphatic rings. The Morgan fingerprint density at radius 3 is 2.24 bits per heavy atom. The number of amides is 1. The Bertz CT molecular complexity index is 373. The van der Waals surface area contributed by atoms with Crippen LogP contribution in [0.3, 0.4) is 0 Å². The van der Waals surface area contributed by atoms with Crippen molar-refractivity contribution in [2.45, 2.75) is 26.7 Å². The maximum absolute atomic E-state index is 13.0. The van der Waals surface area contributed by atoms with Gasteiger partial charge in [-0.15, -0.1) is 0 Å². The van der Waals surface area contributed by atoms with E-state index in [4.69, 9.17) is 0 Å². The molecule has 0 saturated heterocycles. The predicted molar refractivity (Wildman–Crippen MR) is 62.8 cm³/mol. The summed E-state index contributed by atoms with van der Waals surface area (Å²) in [5.41, 5.74) is 0.0699. The van der Waals surface area contributed by atoms with E-state index in [2.05, 4.69) is 0 Å². The van der Waals surface area contributed by atoms with Crippen molar-refractivity contribution in [1.29, 1.82) is 0 Å². The Morgan fingerprint density at radius 2 is 1.76 bits per heavy atom. The van der Waals surface area contributed by atoms with Crippen molar-refractivity contribution in [3.63, 3.8) is 0 Å². The molecule has 0 bridgehead atoms. The Kier molecular flexibility index (Phi) is 5.07. The average molecular weight is 241 g/mol. The van der Waals surface area contributed by atoms with Crippen molar-refractivity contribution in [3.8, 4) is 0 Å². The van der Waals surface area contributed by atoms with E-state index in [-0.39, 0.29) is 11.5 Å². The van der Waals surface area contributed by atoms with E-state index in [0.29, 0.717) is 13.1 Å². The number of benzene rings is 1. The highest BCUT2D eigenvalue weighted by Crippen LogP contribution is 2.11. The van der Waals surface area contributed by atoms with Crippen LogP contribution in [0, 0.1) is 11.6 Å². The normalized spacial score (nSPS) is 10.4. The van der Waals surface area contributed by atoms with E-state index in [9.17, 15) is 13.6 Å². The molecule has 0 heterocycles. The van der Waals surface area contributed by atoms with Crippen molar-refractivity contribution in [2.24, 2.45) is 0 Å². The van der Waals surface area contributed by atoms with Gasteiger partial charge in [0.15, 0.2) is 0 Å². The van der Waals surface area contributed by atoms with Crippen LogP contribution in [0.5, 0.6) is 0 Å². The molecule has 1 aromatic rings. The van der Waals surface area contributed by atoms with E-state index in [1.807, 2.05) is 13.8 Å². The third-order valence-corrected chi connectivity index (χ3v) is 2.56. The molecular weight excluding hydrogens is 224 g/mol. The molecule has 0 radical (unpaired) electrons. The largest absolute Gasteiger partial charge is 0.339 e. The molecule has 1 amide bonds. The van der Waals surface area contributed by atoms with E-state index in [1.165, 1.54) is 0 Å². The van der Waals surface area contributed by atoms with Crippen LogP contribution in [-0.4, -0.2) is 23.9 Å². The van der Waals surface area contributed by atoms with Crippen LogP contribution in [0.2, 0.25) is 0 Å². The topological polar surface area (TPSA) is 20.3 Å². The smallest absolute Gasteiger partial charge is 0.254 e. The Labute approximate surface area is 100 Å². The van der Waals surface area contributed by atoms with Gasteiger partial charge in [0.2, 0.25) is 0 Å². The minimum atomic E-state index is -0.722. The first-order valence-electron chi connectivity index (χ1n) is 5.83. The third-order valence-electron chi connectivity index (χ3n) is 2.56. The maximum atomic E-state index is 13.0. The Hall–Kier alpha value is -1.45. The van der Waals surface area contributed by atoms with Gasteiger partial charge < -0.3 is 4.90 Å². The summed E-state index contributed by atoms with van der Waals surface area (Å²) in [7, 11) is 0. The third kappa shape index (κ3) is 3.80. The highest BCUT2D eigenvalue weighted by molar-refractivity contribution is 5.94. The molecule has 94 valence electrons. The second-order valence-corrected chi connectivity index (χ2v) is 3.90. The fourth-order valence-corrected chi connectivity index (χ4v) is 1.61. The van der Waals surface area contributed by atoms with Crippen LogP contribution >= 0.6 is 0 Å². The quantitative estimate of drug-likeness (QED) is 0.775. The zero-order chi connectivity index (χ0) is 12.8. The summed E-state index contributed by atoms with van der Waals surface area (Å²) in [6, 6.07) is 2.90. The number of hydrogen-bond acceptors (Lipinski definition) is 1. The fraction of sp³-hybridized carbons (Fsp3) is 0.462. The molecule has 0 N–H and O–H groups in total. The van der Waals surface area contributed by atoms with Gasteiger partial charge in [-0.3, -0.25) is 4.79 Å². The van der Waals surface area contributed by atoms with Crippen molar-refractivity contribution in [1.82, 2.24) is 4.90 Å². The Balaban J connectivity index is 2.85. The summed E-state index contributed by atoms with van der Waals surface area (Å²) in [6.07, 6.45) is 1.86. The van der Waals surface area contributed by atoms with Gasteiger partial charge in [-0.05, 0) is 25.5 Å². The summed E-state index contributed by atoms with van der Waals surface area (Å²) in [4.78, 5) is 13.6. The SMILES string of the molecule is CCCCN(CC)C(=O)c1cc(F)cc(F)c1. The fourth-order valence-electron chi connectivity index (χ4n) is 1.61. The molecule has 0 aromatic heterocycles. The molecule has 4 heteroatoms. The van der Waals surface area contributed by atoms with Gasteiger partial charge in [-0.25, -0.2) is 8.78 Å². The minimum Gasteiger partial charge on any atom is -0.339 e. The second-order valence-electron chi connectivity index (χ2n) is 3.90. The summed E-state index contributed by atoms with van der Waals surface area (Å²) >= 11 is 0. The lowest BCUT2D eigenvalue weighted by Crippen LogP contribution is -2.31. The lowest BCUT2D eigenvalue weighted by molar-refractivity contribution is 0.0761. The van der Waals surface area contributed by atoms with Gasteiger partial charge >= 0.3 is 0 Å². The molecule has 17 heavy (non-hydrogen) atoms. The zero-order valence-electron chi connectivity index (χ0n) is 10.2. The lowest BCUT2D eigenvalue weighted by Gasteiger charge is -2.20. The van der Waals surface area contributed by atoms with Crippen molar-refractivity contribution in [2.75, 3.05) is 13.1 Å². The van der Waals surface area contributed by atoms with E-state index < -0.39 is 11.6 Å². The molecule has 0 fully saturated rings. The van der Waals surface area contributed by atoms with Gasteiger partial charge in [-0.2, -0.15) is 0 Å². The highest BCUT2D eigenvalue weighted by Gasteiger charge is 2.15. The molecule has 0 unspecified atom stereocenters. The molecule has 1 aromatic carbocycles. The molecule has 0 spiro atoms. The first-order chi connectivity index (χ1) is 8.08. The number of halogens is 2. The second kappa shape index (κ2) is 6.33. The molecule has 1 rings (SSSR count). The number of carbonyl (C=O) groups is 1. The van der Waals surface area contributed by atoms with E-state index in [0.717, 1.165) is 31.0 Å². The van der Waals surface area contributed by atoms with Gasteiger partial charge in [0.1, 0.15) is 11.6 Å². The molecule has 2 nitrogen and oxygen atoms in total. The highest BCUT2D eigenvalue weighted by atomic mass is 19.1. The Morgan fingerprint density at radius 1 is 1.18 bits per heavy atom. The van der Waals surface area contributed by atoms with E-state index in [1.54, 1.807) is 4.90 Å². The number of hydrogen-bond donors (Lipinski definition) is 0. The first-order valence-corrected chi connectivity index (χ1v) is 5.83. The number of rotatable bonds is 5. The zero-order valence-corrected chi connectivity index (χ0v) is 10.2. The number of carbonyl (C=O) groups excluding carboxylic acids is 1. The maximum Gasteiger partial charge on any atom is 0.254 e. The van der Waals surface area contributed by atoms with Gasteiger partial charge in [0.25, 0.3) is 5.91 Å². The van der Waals surface area contributed by atoms with Crippen LogP contribution in [0.4, 0.5) is 8.78 Å². The van der Waals surface area contributed by atoms with E-state index >= 15 is 0 Å². The van der Waals surface area contributed by atoms with Gasteiger partial charge in [0, 0.05) is 24.7 Å². The van der Waals surface area contributed by atoms with Gasteiger partial charge in [0.05, 0.1) is 0 Å². The van der Waals surface area contributed by atoms with Crippen LogP contribution in [0.15, 0.2) is 18.2 Å². The number of nitrogens with zero attached hydrogens (tertiary/aromatic N) is 1. The van der Waals surface area contributed by atoms with Crippen molar-refractivity contribution in [3.05, 3.63) is 35.4 Å². The molecule has 0 aliphatic heterocycles. The average Bonchev–Trinajstić information content (AvgIpc) is 2.28.